The molecule has 3 nitrogen and oxygen atoms in total. The molecule has 2 heterocycles. The fraction of sp³-hybridized carbons (Fsp3) is 0.643. The molecule has 1 saturated heterocycles. The minimum absolute atomic E-state index is 0. The molecule has 0 bridgehead atoms. The molecule has 114 valence electrons. The molecule has 1 fully saturated rings. The highest BCUT2D eigenvalue weighted by atomic mass is 35.5. The third-order valence-electron chi connectivity index (χ3n) is 3.35. The fourth-order valence-electron chi connectivity index (χ4n) is 2.12. The molecule has 20 heavy (non-hydrogen) atoms. The van der Waals surface area contributed by atoms with Crippen LogP contribution in [0.25, 0.3) is 0 Å². The molecule has 1 aromatic rings. The Morgan fingerprint density at radius 3 is 2.95 bits per heavy atom. The third kappa shape index (κ3) is 5.28. The number of carbonyl (C=O) groups excluding carboxylic acids is 1. The van der Waals surface area contributed by atoms with Crippen molar-refractivity contribution in [2.75, 3.05) is 24.6 Å². The van der Waals surface area contributed by atoms with Crippen molar-refractivity contribution in [3.63, 3.8) is 0 Å². The summed E-state index contributed by atoms with van der Waals surface area (Å²) in [5.74, 6) is 2.36. The summed E-state index contributed by atoms with van der Waals surface area (Å²) in [7, 11) is 0. The minimum Gasteiger partial charge on any atom is -0.355 e. The Morgan fingerprint density at radius 1 is 1.55 bits per heavy atom. The van der Waals surface area contributed by atoms with Crippen molar-refractivity contribution in [3.8, 4) is 0 Å². The lowest BCUT2D eigenvalue weighted by Crippen LogP contribution is -2.43. The number of hydrogen-bond donors (Lipinski definition) is 2. The maximum Gasteiger partial charge on any atom is 0.221 e. The molecule has 0 saturated carbocycles. The number of halogens is 1. The van der Waals surface area contributed by atoms with Crippen molar-refractivity contribution in [1.29, 1.82) is 0 Å². The van der Waals surface area contributed by atoms with Gasteiger partial charge in [-0.15, -0.1) is 23.7 Å². The molecule has 0 spiro atoms. The zero-order chi connectivity index (χ0) is 13.7. The fourth-order valence-corrected chi connectivity index (χ4v) is 3.92. The molecule has 1 amide bonds. The van der Waals surface area contributed by atoms with E-state index in [-0.39, 0.29) is 23.7 Å². The van der Waals surface area contributed by atoms with E-state index in [1.807, 2.05) is 11.8 Å². The second-order valence-corrected chi connectivity index (χ2v) is 7.67. The van der Waals surface area contributed by atoms with Crippen LogP contribution in [0.4, 0.5) is 0 Å². The molecule has 0 aliphatic carbocycles. The second-order valence-electron chi connectivity index (χ2n) is 5.57. The standard InChI is InChI=1S/C14H22N2OS2.ClH/c1-14(2,12-4-3-6-19-12)10-16-13(17)8-11-9-18-7-5-15-11;/h3-4,6,11,15H,5,7-10H2,1-2H3,(H,16,17);1H. The van der Waals surface area contributed by atoms with Gasteiger partial charge in [-0.25, -0.2) is 0 Å². The molecule has 0 radical (unpaired) electrons. The number of thiophene rings is 1. The van der Waals surface area contributed by atoms with Gasteiger partial charge in [0.25, 0.3) is 0 Å². The van der Waals surface area contributed by atoms with Crippen LogP contribution in [0.2, 0.25) is 0 Å². The van der Waals surface area contributed by atoms with Gasteiger partial charge in [0, 0.05) is 47.4 Å². The van der Waals surface area contributed by atoms with Crippen LogP contribution in [0.3, 0.4) is 0 Å². The number of amides is 1. The van der Waals surface area contributed by atoms with Crippen molar-refractivity contribution in [3.05, 3.63) is 22.4 Å². The van der Waals surface area contributed by atoms with Crippen LogP contribution in [0.5, 0.6) is 0 Å². The highest BCUT2D eigenvalue weighted by Crippen LogP contribution is 2.26. The van der Waals surface area contributed by atoms with E-state index in [1.165, 1.54) is 4.88 Å². The Kier molecular flexibility index (Phi) is 7.37. The highest BCUT2D eigenvalue weighted by molar-refractivity contribution is 7.99. The molecule has 1 aromatic heterocycles. The van der Waals surface area contributed by atoms with Crippen LogP contribution >= 0.6 is 35.5 Å². The lowest BCUT2D eigenvalue weighted by atomic mass is 9.91. The van der Waals surface area contributed by atoms with Gasteiger partial charge >= 0.3 is 0 Å². The van der Waals surface area contributed by atoms with E-state index in [1.54, 1.807) is 11.3 Å². The smallest absolute Gasteiger partial charge is 0.221 e. The first-order chi connectivity index (χ1) is 9.08. The Labute approximate surface area is 135 Å². The Bertz CT molecular complexity index is 403. The number of nitrogens with one attached hydrogen (secondary N) is 2. The number of thioether (sulfide) groups is 1. The summed E-state index contributed by atoms with van der Waals surface area (Å²) < 4.78 is 0. The first kappa shape index (κ1) is 17.8. The van der Waals surface area contributed by atoms with E-state index in [4.69, 9.17) is 0 Å². The Morgan fingerprint density at radius 2 is 2.35 bits per heavy atom. The zero-order valence-corrected chi connectivity index (χ0v) is 14.4. The average Bonchev–Trinajstić information content (AvgIpc) is 2.92. The van der Waals surface area contributed by atoms with Crippen molar-refractivity contribution < 1.29 is 4.79 Å². The van der Waals surface area contributed by atoms with E-state index < -0.39 is 0 Å². The van der Waals surface area contributed by atoms with Crippen LogP contribution < -0.4 is 10.6 Å². The van der Waals surface area contributed by atoms with Crippen molar-refractivity contribution >= 4 is 41.4 Å². The topological polar surface area (TPSA) is 41.1 Å². The first-order valence-electron chi connectivity index (χ1n) is 6.70. The van der Waals surface area contributed by atoms with Gasteiger partial charge in [-0.05, 0) is 11.4 Å². The minimum atomic E-state index is 0. The molecule has 0 aromatic carbocycles. The monoisotopic (exact) mass is 334 g/mol. The predicted molar refractivity (Wildman–Crippen MR) is 91.3 cm³/mol. The summed E-state index contributed by atoms with van der Waals surface area (Å²) in [5, 5.41) is 8.56. The van der Waals surface area contributed by atoms with Crippen LogP contribution in [-0.2, 0) is 10.2 Å². The van der Waals surface area contributed by atoms with E-state index in [9.17, 15) is 4.79 Å². The van der Waals surface area contributed by atoms with Gasteiger partial charge in [-0.1, -0.05) is 19.9 Å². The summed E-state index contributed by atoms with van der Waals surface area (Å²) in [5.41, 5.74) is 0.0125. The SMILES string of the molecule is CC(C)(CNC(=O)CC1CSCCN1)c1cccs1.Cl. The molecular formula is C14H23ClN2OS2. The van der Waals surface area contributed by atoms with Gasteiger partial charge in [-0.3, -0.25) is 4.79 Å². The lowest BCUT2D eigenvalue weighted by Gasteiger charge is -2.26. The average molecular weight is 335 g/mol. The molecular weight excluding hydrogens is 312 g/mol. The van der Waals surface area contributed by atoms with Gasteiger partial charge < -0.3 is 10.6 Å². The molecule has 1 unspecified atom stereocenters. The Balaban J connectivity index is 0.00000200. The summed E-state index contributed by atoms with van der Waals surface area (Å²) >= 11 is 3.68. The summed E-state index contributed by atoms with van der Waals surface area (Å²) in [6, 6.07) is 4.53. The van der Waals surface area contributed by atoms with E-state index in [2.05, 4.69) is 42.0 Å². The van der Waals surface area contributed by atoms with Gasteiger partial charge in [0.05, 0.1) is 0 Å². The number of hydrogen-bond acceptors (Lipinski definition) is 4. The second kappa shape index (κ2) is 8.27. The van der Waals surface area contributed by atoms with E-state index in [0.717, 1.165) is 18.1 Å². The Hall–Kier alpha value is -0.230. The molecule has 2 N–H and O–H groups in total. The highest BCUT2D eigenvalue weighted by Gasteiger charge is 2.23. The van der Waals surface area contributed by atoms with Crippen LogP contribution in [0.15, 0.2) is 17.5 Å². The number of rotatable bonds is 5. The molecule has 1 aliphatic rings. The largest absolute Gasteiger partial charge is 0.355 e. The summed E-state index contributed by atoms with van der Waals surface area (Å²) in [6.07, 6.45) is 0.591. The summed E-state index contributed by atoms with van der Waals surface area (Å²) in [4.78, 5) is 13.3. The zero-order valence-electron chi connectivity index (χ0n) is 12.0. The quantitative estimate of drug-likeness (QED) is 0.869. The molecule has 6 heteroatoms. The van der Waals surface area contributed by atoms with Gasteiger partial charge in [0.1, 0.15) is 0 Å². The predicted octanol–water partition coefficient (Wildman–Crippen LogP) is 2.66. The first-order valence-corrected chi connectivity index (χ1v) is 8.73. The van der Waals surface area contributed by atoms with Crippen molar-refractivity contribution in [2.45, 2.75) is 31.7 Å². The van der Waals surface area contributed by atoms with Gasteiger partial charge in [0.15, 0.2) is 0 Å². The van der Waals surface area contributed by atoms with Crippen molar-refractivity contribution in [1.82, 2.24) is 10.6 Å². The lowest BCUT2D eigenvalue weighted by molar-refractivity contribution is -0.121. The van der Waals surface area contributed by atoms with Crippen LogP contribution in [0, 0.1) is 0 Å². The molecule has 2 rings (SSSR count). The van der Waals surface area contributed by atoms with Crippen LogP contribution in [-0.4, -0.2) is 36.5 Å². The van der Waals surface area contributed by atoms with Crippen molar-refractivity contribution in [2.24, 2.45) is 0 Å². The van der Waals surface area contributed by atoms with Gasteiger partial charge in [-0.2, -0.15) is 11.8 Å². The molecule has 1 aliphatic heterocycles. The van der Waals surface area contributed by atoms with E-state index >= 15 is 0 Å². The van der Waals surface area contributed by atoms with Crippen LogP contribution in [0.1, 0.15) is 25.1 Å². The summed E-state index contributed by atoms with van der Waals surface area (Å²) in [6.45, 7) is 6.07. The molecule has 1 atom stereocenters. The van der Waals surface area contributed by atoms with E-state index in [0.29, 0.717) is 19.0 Å². The van der Waals surface area contributed by atoms with Gasteiger partial charge in [0.2, 0.25) is 5.91 Å². The normalized spacial score (nSPS) is 19.2. The maximum absolute atomic E-state index is 12.0. The maximum atomic E-state index is 12.0. The number of carbonyl (C=O) groups is 1. The third-order valence-corrected chi connectivity index (χ3v) is 5.71.